The van der Waals surface area contributed by atoms with Gasteiger partial charge in [-0.15, -0.1) is 0 Å². The molecule has 1 aliphatic heterocycles. The Labute approximate surface area is 306 Å². The zero-order valence-corrected chi connectivity index (χ0v) is 30.7. The average Bonchev–Trinajstić information content (AvgIpc) is 3.10. The number of aromatic nitrogens is 2. The number of nitrogens with one attached hydrogen (secondary N) is 1. The first-order valence-corrected chi connectivity index (χ1v) is 17.0. The van der Waals surface area contributed by atoms with E-state index in [1.54, 1.807) is 26.0 Å². The van der Waals surface area contributed by atoms with E-state index in [2.05, 4.69) is 32.1 Å². The molecule has 0 atom stereocenters. The normalized spacial score (nSPS) is 13.8. The quantitative estimate of drug-likeness (QED) is 0.156. The van der Waals surface area contributed by atoms with Crippen LogP contribution in [0, 0.1) is 20.8 Å². The second-order valence-corrected chi connectivity index (χ2v) is 13.0. The number of anilines is 3. The SMILES string of the molecule is COc1cc(Nc2nccc(N(Cc3cc(C(F)(F)F)ccc3Cl)C(=O)Oc3c(C)cc(C)cc3C)n2)cc(OC)c1OCCN1CCN(C)CC1. The number of likely N-dealkylation sites (N-methyl/N-ethyl adjacent to an activating group) is 1. The number of nitrogens with zero attached hydrogens (tertiary/aromatic N) is 5. The first kappa shape index (κ1) is 38.4. The highest BCUT2D eigenvalue weighted by atomic mass is 35.5. The number of methoxy groups -OCH3 is 2. The third kappa shape index (κ3) is 9.55. The van der Waals surface area contributed by atoms with Gasteiger partial charge in [-0.2, -0.15) is 18.2 Å². The molecular formula is C37H42ClF3N6O5. The molecule has 4 aromatic rings. The van der Waals surface area contributed by atoms with Gasteiger partial charge in [0.2, 0.25) is 11.7 Å². The fourth-order valence-corrected chi connectivity index (χ4v) is 6.06. The van der Waals surface area contributed by atoms with Gasteiger partial charge < -0.3 is 29.2 Å². The summed E-state index contributed by atoms with van der Waals surface area (Å²) in [5.41, 5.74) is 2.01. The lowest BCUT2D eigenvalue weighted by atomic mass is 10.1. The summed E-state index contributed by atoms with van der Waals surface area (Å²) in [6.45, 7) is 10.2. The topological polar surface area (TPSA) is 102 Å². The van der Waals surface area contributed by atoms with E-state index in [1.165, 1.54) is 26.5 Å². The van der Waals surface area contributed by atoms with Crippen LogP contribution in [0.15, 0.2) is 54.7 Å². The van der Waals surface area contributed by atoms with Crippen LogP contribution >= 0.6 is 11.6 Å². The molecule has 278 valence electrons. The van der Waals surface area contributed by atoms with E-state index in [-0.39, 0.29) is 28.9 Å². The molecule has 1 saturated heterocycles. The van der Waals surface area contributed by atoms with Gasteiger partial charge in [0.05, 0.1) is 26.3 Å². The highest BCUT2D eigenvalue weighted by Crippen LogP contribution is 2.41. The fraction of sp³-hybridized carbons (Fsp3) is 0.378. The molecule has 0 aliphatic carbocycles. The van der Waals surface area contributed by atoms with Gasteiger partial charge in [-0.3, -0.25) is 9.80 Å². The maximum absolute atomic E-state index is 13.9. The number of hydrogen-bond donors (Lipinski definition) is 1. The van der Waals surface area contributed by atoms with Crippen molar-refractivity contribution < 1.29 is 36.9 Å². The average molecular weight is 743 g/mol. The Hall–Kier alpha value is -4.79. The fourth-order valence-electron chi connectivity index (χ4n) is 5.88. The minimum atomic E-state index is -4.62. The number of aryl methyl sites for hydroxylation is 3. The lowest BCUT2D eigenvalue weighted by Crippen LogP contribution is -2.45. The van der Waals surface area contributed by atoms with Crippen LogP contribution in [0.1, 0.15) is 27.8 Å². The van der Waals surface area contributed by atoms with Crippen molar-refractivity contribution in [3.63, 3.8) is 0 Å². The van der Waals surface area contributed by atoms with Gasteiger partial charge in [0, 0.05) is 61.8 Å². The number of benzene rings is 3. The summed E-state index contributed by atoms with van der Waals surface area (Å²) in [5, 5.41) is 3.13. The van der Waals surface area contributed by atoms with Gasteiger partial charge in [-0.25, -0.2) is 9.78 Å². The molecule has 5 rings (SSSR count). The van der Waals surface area contributed by atoms with E-state index < -0.39 is 17.8 Å². The predicted octanol–water partition coefficient (Wildman–Crippen LogP) is 7.67. The Bertz CT molecular complexity index is 1840. The molecule has 3 aromatic carbocycles. The van der Waals surface area contributed by atoms with Crippen molar-refractivity contribution >= 4 is 35.1 Å². The van der Waals surface area contributed by atoms with Gasteiger partial charge >= 0.3 is 12.3 Å². The Balaban J connectivity index is 1.42. The number of amides is 1. The minimum absolute atomic E-state index is 0.0333. The lowest BCUT2D eigenvalue weighted by molar-refractivity contribution is -0.137. The molecule has 0 spiro atoms. The Kier molecular flexibility index (Phi) is 12.3. The Morgan fingerprint density at radius 3 is 2.21 bits per heavy atom. The first-order chi connectivity index (χ1) is 24.7. The van der Waals surface area contributed by atoms with E-state index >= 15 is 0 Å². The van der Waals surface area contributed by atoms with Crippen LogP contribution in [0.5, 0.6) is 23.0 Å². The molecule has 15 heteroatoms. The van der Waals surface area contributed by atoms with E-state index in [1.807, 2.05) is 19.1 Å². The molecule has 0 saturated carbocycles. The number of hydrogen-bond acceptors (Lipinski definition) is 10. The number of alkyl halides is 3. The van der Waals surface area contributed by atoms with Crippen molar-refractivity contribution in [3.05, 3.63) is 87.6 Å². The molecule has 0 bridgehead atoms. The van der Waals surface area contributed by atoms with Gasteiger partial charge in [0.25, 0.3) is 0 Å². The van der Waals surface area contributed by atoms with Crippen molar-refractivity contribution in [2.24, 2.45) is 0 Å². The summed E-state index contributed by atoms with van der Waals surface area (Å²) in [5.74, 6) is 1.69. The number of rotatable bonds is 12. The molecule has 52 heavy (non-hydrogen) atoms. The monoisotopic (exact) mass is 742 g/mol. The van der Waals surface area contributed by atoms with Crippen LogP contribution in [0.3, 0.4) is 0 Å². The number of halogens is 4. The summed E-state index contributed by atoms with van der Waals surface area (Å²) < 4.78 is 64.3. The van der Waals surface area contributed by atoms with E-state index in [9.17, 15) is 18.0 Å². The van der Waals surface area contributed by atoms with Gasteiger partial charge in [-0.05, 0) is 68.8 Å². The van der Waals surface area contributed by atoms with Gasteiger partial charge in [0.15, 0.2) is 11.5 Å². The second kappa shape index (κ2) is 16.7. The zero-order chi connectivity index (χ0) is 37.6. The summed E-state index contributed by atoms with van der Waals surface area (Å²) in [6.07, 6.45) is -4.10. The summed E-state index contributed by atoms with van der Waals surface area (Å²) >= 11 is 6.37. The molecule has 2 heterocycles. The summed E-state index contributed by atoms with van der Waals surface area (Å²) in [4.78, 5) is 28.5. The minimum Gasteiger partial charge on any atom is -0.493 e. The van der Waals surface area contributed by atoms with Crippen LogP contribution in [0.2, 0.25) is 5.02 Å². The second-order valence-electron chi connectivity index (χ2n) is 12.6. The third-order valence-electron chi connectivity index (χ3n) is 8.60. The molecule has 11 nitrogen and oxygen atoms in total. The molecular weight excluding hydrogens is 701 g/mol. The Morgan fingerprint density at radius 2 is 1.60 bits per heavy atom. The van der Waals surface area contributed by atoms with Gasteiger partial charge in [-0.1, -0.05) is 29.3 Å². The molecule has 1 aromatic heterocycles. The van der Waals surface area contributed by atoms with Crippen molar-refractivity contribution in [1.82, 2.24) is 19.8 Å². The number of piperazine rings is 1. The standard InChI is InChI=1S/C37H42ClF3N6O5/c1-23-17-24(2)33(25(3)18-23)52-36(48)47(22-26-19-27(37(39,40)41)7-8-29(26)38)32-9-10-42-35(44-32)43-28-20-30(49-5)34(31(21-28)50-6)51-16-15-46-13-11-45(4)12-14-46/h7-10,17-21H,11-16,22H2,1-6H3,(H,42,43,44). The third-order valence-corrected chi connectivity index (χ3v) is 8.97. The van der Waals surface area contributed by atoms with Crippen LogP contribution in [0.25, 0.3) is 0 Å². The molecule has 1 aliphatic rings. The highest BCUT2D eigenvalue weighted by molar-refractivity contribution is 6.31. The maximum Gasteiger partial charge on any atom is 0.421 e. The molecule has 1 amide bonds. The summed E-state index contributed by atoms with van der Waals surface area (Å²) in [6, 6.07) is 11.5. The molecule has 1 fully saturated rings. The lowest BCUT2D eigenvalue weighted by Gasteiger charge is -2.32. The number of carbonyl (C=O) groups excluding carboxylic acids is 1. The predicted molar refractivity (Wildman–Crippen MR) is 194 cm³/mol. The van der Waals surface area contributed by atoms with Gasteiger partial charge in [0.1, 0.15) is 18.2 Å². The van der Waals surface area contributed by atoms with Crippen LogP contribution in [-0.2, 0) is 12.7 Å². The first-order valence-electron chi connectivity index (χ1n) is 16.6. The zero-order valence-electron chi connectivity index (χ0n) is 29.9. The van der Waals surface area contributed by atoms with Crippen molar-refractivity contribution in [2.45, 2.75) is 33.5 Å². The molecule has 0 radical (unpaired) electrons. The van der Waals surface area contributed by atoms with Crippen LogP contribution in [-0.4, -0.2) is 86.5 Å². The van der Waals surface area contributed by atoms with E-state index in [4.69, 9.17) is 30.5 Å². The van der Waals surface area contributed by atoms with Crippen molar-refractivity contribution in [2.75, 3.05) is 70.8 Å². The number of carbonyl (C=O) groups is 1. The highest BCUT2D eigenvalue weighted by Gasteiger charge is 2.32. The van der Waals surface area contributed by atoms with Crippen molar-refractivity contribution in [1.29, 1.82) is 0 Å². The molecule has 0 unspecified atom stereocenters. The number of ether oxygens (including phenoxy) is 4. The largest absolute Gasteiger partial charge is 0.493 e. The maximum atomic E-state index is 13.9. The van der Waals surface area contributed by atoms with E-state index in [0.717, 1.165) is 61.4 Å². The molecule has 1 N–H and O–H groups in total. The Morgan fingerprint density at radius 1 is 0.942 bits per heavy atom. The van der Waals surface area contributed by atoms with E-state index in [0.29, 0.717) is 46.4 Å². The smallest absolute Gasteiger partial charge is 0.421 e. The van der Waals surface area contributed by atoms with Crippen molar-refractivity contribution in [3.8, 4) is 23.0 Å². The summed E-state index contributed by atoms with van der Waals surface area (Å²) in [7, 11) is 5.14. The van der Waals surface area contributed by atoms with Crippen LogP contribution < -0.4 is 29.2 Å². The van der Waals surface area contributed by atoms with Crippen LogP contribution in [0.4, 0.5) is 35.4 Å².